The van der Waals surface area contributed by atoms with E-state index in [9.17, 15) is 0 Å². The van der Waals surface area contributed by atoms with Crippen LogP contribution in [-0.4, -0.2) is 25.1 Å². The molecule has 0 atom stereocenters. The maximum Gasteiger partial charge on any atom is 0.0742 e. The highest BCUT2D eigenvalue weighted by molar-refractivity contribution is 5.98. The van der Waals surface area contributed by atoms with Crippen molar-refractivity contribution in [3.63, 3.8) is 0 Å². The van der Waals surface area contributed by atoms with E-state index in [-0.39, 0.29) is 0 Å². The van der Waals surface area contributed by atoms with Crippen molar-refractivity contribution in [2.75, 3.05) is 36.1 Å². The molecule has 4 heteroatoms. The zero-order valence-electron chi connectivity index (χ0n) is 10.6. The first-order chi connectivity index (χ1) is 8.79. The van der Waals surface area contributed by atoms with E-state index in [1.807, 2.05) is 7.05 Å². The highest BCUT2D eigenvalue weighted by Crippen LogP contribution is 2.31. The monoisotopic (exact) mass is 242 g/mol. The summed E-state index contributed by atoms with van der Waals surface area (Å²) in [5.41, 5.74) is 9.88. The summed E-state index contributed by atoms with van der Waals surface area (Å²) in [5.74, 6) is 0. The molecule has 1 aliphatic rings. The SMILES string of the molecule is CNc1c(N)cnc2ccc(N3CCCC3)cc12. The number of fused-ring (bicyclic) bond motifs is 1. The number of hydrogen-bond acceptors (Lipinski definition) is 4. The maximum absolute atomic E-state index is 5.96. The van der Waals surface area contributed by atoms with Gasteiger partial charge in [0, 0.05) is 31.2 Å². The van der Waals surface area contributed by atoms with Crippen LogP contribution in [0, 0.1) is 0 Å². The minimum absolute atomic E-state index is 0.698. The lowest BCUT2D eigenvalue weighted by molar-refractivity contribution is 0.949. The van der Waals surface area contributed by atoms with Crippen molar-refractivity contribution >= 4 is 28.0 Å². The molecule has 1 aliphatic heterocycles. The average Bonchev–Trinajstić information content (AvgIpc) is 2.92. The summed E-state index contributed by atoms with van der Waals surface area (Å²) in [6, 6.07) is 6.41. The number of nitrogen functional groups attached to an aromatic ring is 1. The molecular formula is C14H18N4. The van der Waals surface area contributed by atoms with E-state index in [2.05, 4.69) is 33.4 Å². The summed E-state index contributed by atoms with van der Waals surface area (Å²) in [5, 5.41) is 4.27. The van der Waals surface area contributed by atoms with Crippen molar-refractivity contribution in [1.29, 1.82) is 0 Å². The number of nitrogens with one attached hydrogen (secondary N) is 1. The fraction of sp³-hybridized carbons (Fsp3) is 0.357. The lowest BCUT2D eigenvalue weighted by Crippen LogP contribution is -2.17. The number of rotatable bonds is 2. The van der Waals surface area contributed by atoms with E-state index in [1.165, 1.54) is 18.5 Å². The van der Waals surface area contributed by atoms with Crippen LogP contribution in [0.5, 0.6) is 0 Å². The molecule has 1 aromatic carbocycles. The number of nitrogens with two attached hydrogens (primary N) is 1. The number of hydrogen-bond donors (Lipinski definition) is 2. The van der Waals surface area contributed by atoms with Gasteiger partial charge >= 0.3 is 0 Å². The van der Waals surface area contributed by atoms with Gasteiger partial charge in [0.25, 0.3) is 0 Å². The number of benzene rings is 1. The van der Waals surface area contributed by atoms with Crippen LogP contribution in [0.3, 0.4) is 0 Å². The molecule has 1 aromatic heterocycles. The van der Waals surface area contributed by atoms with Crippen LogP contribution in [0.1, 0.15) is 12.8 Å². The second kappa shape index (κ2) is 4.37. The first-order valence-electron chi connectivity index (χ1n) is 6.40. The molecule has 18 heavy (non-hydrogen) atoms. The van der Waals surface area contributed by atoms with Crippen molar-refractivity contribution in [3.05, 3.63) is 24.4 Å². The Balaban J connectivity index is 2.14. The van der Waals surface area contributed by atoms with Gasteiger partial charge in [-0.15, -0.1) is 0 Å². The molecule has 3 rings (SSSR count). The van der Waals surface area contributed by atoms with Gasteiger partial charge in [0.05, 0.1) is 23.1 Å². The normalized spacial score (nSPS) is 15.3. The molecule has 3 N–H and O–H groups in total. The molecule has 0 radical (unpaired) electrons. The van der Waals surface area contributed by atoms with E-state index in [0.29, 0.717) is 5.69 Å². The number of pyridine rings is 1. The Hall–Kier alpha value is -1.97. The Morgan fingerprint density at radius 2 is 2.06 bits per heavy atom. The Morgan fingerprint density at radius 3 is 2.78 bits per heavy atom. The molecule has 0 amide bonds. The summed E-state index contributed by atoms with van der Waals surface area (Å²) in [4.78, 5) is 6.79. The summed E-state index contributed by atoms with van der Waals surface area (Å²) in [7, 11) is 1.90. The summed E-state index contributed by atoms with van der Waals surface area (Å²) in [6.07, 6.45) is 4.28. The van der Waals surface area contributed by atoms with Gasteiger partial charge in [-0.25, -0.2) is 0 Å². The second-order valence-electron chi connectivity index (χ2n) is 4.73. The molecule has 4 nitrogen and oxygen atoms in total. The van der Waals surface area contributed by atoms with Gasteiger partial charge in [-0.2, -0.15) is 0 Å². The van der Waals surface area contributed by atoms with Crippen LogP contribution in [-0.2, 0) is 0 Å². The minimum Gasteiger partial charge on any atom is -0.396 e. The van der Waals surface area contributed by atoms with Crippen LogP contribution in [0.15, 0.2) is 24.4 Å². The van der Waals surface area contributed by atoms with Crippen LogP contribution in [0.4, 0.5) is 17.1 Å². The predicted molar refractivity (Wildman–Crippen MR) is 77.1 cm³/mol. The topological polar surface area (TPSA) is 54.2 Å². The Bertz CT molecular complexity index is 573. The predicted octanol–water partition coefficient (Wildman–Crippen LogP) is 2.46. The highest BCUT2D eigenvalue weighted by Gasteiger charge is 2.14. The lowest BCUT2D eigenvalue weighted by Gasteiger charge is -2.19. The second-order valence-corrected chi connectivity index (χ2v) is 4.73. The smallest absolute Gasteiger partial charge is 0.0742 e. The fourth-order valence-corrected chi connectivity index (χ4v) is 2.65. The first-order valence-corrected chi connectivity index (χ1v) is 6.40. The van der Waals surface area contributed by atoms with Gasteiger partial charge in [-0.3, -0.25) is 4.98 Å². The van der Waals surface area contributed by atoms with Crippen LogP contribution in [0.2, 0.25) is 0 Å². The third-order valence-electron chi connectivity index (χ3n) is 3.60. The standard InChI is InChI=1S/C14H18N4/c1-16-14-11-8-10(18-6-2-3-7-18)4-5-13(11)17-9-12(14)15/h4-5,8-9H,2-3,6-7,15H2,1H3,(H,16,17). The molecule has 94 valence electrons. The van der Waals surface area contributed by atoms with Crippen molar-refractivity contribution in [3.8, 4) is 0 Å². The van der Waals surface area contributed by atoms with E-state index < -0.39 is 0 Å². The van der Waals surface area contributed by atoms with Gasteiger partial charge in [0.15, 0.2) is 0 Å². The average molecular weight is 242 g/mol. The molecular weight excluding hydrogens is 224 g/mol. The molecule has 0 aliphatic carbocycles. The van der Waals surface area contributed by atoms with Crippen molar-refractivity contribution in [2.24, 2.45) is 0 Å². The van der Waals surface area contributed by atoms with Crippen LogP contribution in [0.25, 0.3) is 10.9 Å². The first kappa shape index (κ1) is 11.1. The van der Waals surface area contributed by atoms with E-state index in [1.54, 1.807) is 6.20 Å². The van der Waals surface area contributed by atoms with Crippen LogP contribution < -0.4 is 16.0 Å². The summed E-state index contributed by atoms with van der Waals surface area (Å²) >= 11 is 0. The minimum atomic E-state index is 0.698. The quantitative estimate of drug-likeness (QED) is 0.849. The molecule has 1 fully saturated rings. The van der Waals surface area contributed by atoms with Crippen molar-refractivity contribution < 1.29 is 0 Å². The van der Waals surface area contributed by atoms with Crippen molar-refractivity contribution in [1.82, 2.24) is 4.98 Å². The molecule has 0 unspecified atom stereocenters. The zero-order valence-corrected chi connectivity index (χ0v) is 10.6. The third-order valence-corrected chi connectivity index (χ3v) is 3.60. The fourth-order valence-electron chi connectivity index (χ4n) is 2.65. The number of anilines is 3. The molecule has 1 saturated heterocycles. The molecule has 2 aromatic rings. The Kier molecular flexibility index (Phi) is 2.70. The van der Waals surface area contributed by atoms with Gasteiger partial charge in [-0.05, 0) is 31.0 Å². The summed E-state index contributed by atoms with van der Waals surface area (Å²) in [6.45, 7) is 2.30. The molecule has 0 spiro atoms. The largest absolute Gasteiger partial charge is 0.396 e. The van der Waals surface area contributed by atoms with Gasteiger partial charge in [0.1, 0.15) is 0 Å². The number of aromatic nitrogens is 1. The Morgan fingerprint density at radius 1 is 1.28 bits per heavy atom. The third kappa shape index (κ3) is 1.74. The molecule has 0 bridgehead atoms. The maximum atomic E-state index is 5.96. The number of nitrogens with zero attached hydrogens (tertiary/aromatic N) is 2. The summed E-state index contributed by atoms with van der Waals surface area (Å²) < 4.78 is 0. The van der Waals surface area contributed by atoms with E-state index >= 15 is 0 Å². The van der Waals surface area contributed by atoms with Gasteiger partial charge in [0.2, 0.25) is 0 Å². The van der Waals surface area contributed by atoms with Crippen molar-refractivity contribution in [2.45, 2.75) is 12.8 Å². The lowest BCUT2D eigenvalue weighted by atomic mass is 10.1. The zero-order chi connectivity index (χ0) is 12.5. The Labute approximate surface area is 107 Å². The highest BCUT2D eigenvalue weighted by atomic mass is 15.1. The van der Waals surface area contributed by atoms with Gasteiger partial charge in [-0.1, -0.05) is 0 Å². The van der Waals surface area contributed by atoms with E-state index in [4.69, 9.17) is 5.73 Å². The van der Waals surface area contributed by atoms with Gasteiger partial charge < -0.3 is 16.0 Å². The van der Waals surface area contributed by atoms with Crippen LogP contribution >= 0.6 is 0 Å². The van der Waals surface area contributed by atoms with E-state index in [0.717, 1.165) is 29.7 Å². The molecule has 0 saturated carbocycles. The molecule has 2 heterocycles.